The Labute approximate surface area is 194 Å². The molecule has 0 amide bonds. The number of nitriles is 1. The summed E-state index contributed by atoms with van der Waals surface area (Å²) in [7, 11) is 0. The lowest BCUT2D eigenvalue weighted by atomic mass is 10.0. The normalized spacial score (nSPS) is 11.5. The van der Waals surface area contributed by atoms with Crippen LogP contribution < -0.4 is 0 Å². The van der Waals surface area contributed by atoms with Gasteiger partial charge in [-0.05, 0) is 42.5 Å². The Balaban J connectivity index is 1.65. The van der Waals surface area contributed by atoms with Crippen LogP contribution in [0.15, 0.2) is 108 Å². The van der Waals surface area contributed by atoms with Crippen LogP contribution in [0, 0.1) is 11.3 Å². The van der Waals surface area contributed by atoms with Gasteiger partial charge in [0.1, 0.15) is 17.2 Å². The summed E-state index contributed by atoms with van der Waals surface area (Å²) in [5, 5.41) is 14.2. The molecule has 7 aromatic rings. The molecular weight excluding hydrogens is 418 g/mol. The molecule has 0 radical (unpaired) electrons. The molecule has 4 heteroatoms. The van der Waals surface area contributed by atoms with Crippen LogP contribution in [-0.2, 0) is 0 Å². The van der Waals surface area contributed by atoms with Crippen molar-refractivity contribution in [3.05, 3.63) is 109 Å². The maximum Gasteiger partial charge on any atom is 0.145 e. The Hall–Kier alpha value is -4.88. The quantitative estimate of drug-likeness (QED) is 0.281. The smallest absolute Gasteiger partial charge is 0.145 e. The van der Waals surface area contributed by atoms with E-state index in [2.05, 4.69) is 64.2 Å². The van der Waals surface area contributed by atoms with E-state index in [1.807, 2.05) is 42.5 Å². The zero-order valence-corrected chi connectivity index (χ0v) is 18.1. The van der Waals surface area contributed by atoms with Crippen LogP contribution in [0.2, 0.25) is 0 Å². The summed E-state index contributed by atoms with van der Waals surface area (Å²) in [4.78, 5) is 4.57. The molecule has 0 saturated carbocycles. The number of pyridine rings is 1. The van der Waals surface area contributed by atoms with Gasteiger partial charge in [-0.15, -0.1) is 0 Å². The number of benzene rings is 4. The maximum atomic E-state index is 9.72. The molecule has 0 unspecified atom stereocenters. The molecule has 7 rings (SSSR count). The minimum atomic E-state index is 0.551. The molecule has 34 heavy (non-hydrogen) atoms. The van der Waals surface area contributed by atoms with Gasteiger partial charge in [-0.2, -0.15) is 5.26 Å². The molecule has 0 N–H and O–H groups in total. The van der Waals surface area contributed by atoms with Crippen molar-refractivity contribution in [3.8, 4) is 23.0 Å². The average Bonchev–Trinajstić information content (AvgIpc) is 3.44. The molecule has 3 heterocycles. The molecule has 0 bridgehead atoms. The van der Waals surface area contributed by atoms with Crippen LogP contribution in [0.1, 0.15) is 5.56 Å². The van der Waals surface area contributed by atoms with Gasteiger partial charge in [0.2, 0.25) is 0 Å². The van der Waals surface area contributed by atoms with Crippen LogP contribution in [0.4, 0.5) is 0 Å². The van der Waals surface area contributed by atoms with Crippen molar-refractivity contribution in [2.45, 2.75) is 0 Å². The van der Waals surface area contributed by atoms with Gasteiger partial charge in [0.05, 0.1) is 33.4 Å². The highest BCUT2D eigenvalue weighted by atomic mass is 16.3. The molecule has 4 aromatic carbocycles. The highest BCUT2D eigenvalue weighted by Gasteiger charge is 2.20. The van der Waals surface area contributed by atoms with E-state index in [9.17, 15) is 5.26 Å². The summed E-state index contributed by atoms with van der Waals surface area (Å²) in [5.74, 6) is 0. The van der Waals surface area contributed by atoms with E-state index in [4.69, 9.17) is 4.42 Å². The van der Waals surface area contributed by atoms with Crippen molar-refractivity contribution in [2.24, 2.45) is 0 Å². The summed E-state index contributed by atoms with van der Waals surface area (Å²) in [5.41, 5.74) is 7.01. The molecule has 158 valence electrons. The largest absolute Gasteiger partial charge is 0.455 e. The van der Waals surface area contributed by atoms with Crippen molar-refractivity contribution in [1.29, 1.82) is 5.26 Å². The molecular formula is C30H17N3O. The summed E-state index contributed by atoms with van der Waals surface area (Å²) >= 11 is 0. The third kappa shape index (κ3) is 2.49. The zero-order chi connectivity index (χ0) is 22.6. The lowest BCUT2D eigenvalue weighted by Crippen LogP contribution is -1.99. The number of hydrogen-bond donors (Lipinski definition) is 0. The van der Waals surface area contributed by atoms with Gasteiger partial charge in [-0.25, -0.2) is 0 Å². The monoisotopic (exact) mass is 435 g/mol. The molecule has 3 aromatic heterocycles. The van der Waals surface area contributed by atoms with E-state index < -0.39 is 0 Å². The van der Waals surface area contributed by atoms with Crippen molar-refractivity contribution < 1.29 is 4.42 Å². The molecule has 0 saturated heterocycles. The van der Waals surface area contributed by atoms with Crippen molar-refractivity contribution in [2.75, 3.05) is 0 Å². The minimum Gasteiger partial charge on any atom is -0.455 e. The first kappa shape index (κ1) is 18.7. The Morgan fingerprint density at radius 2 is 1.50 bits per heavy atom. The SMILES string of the molecule is N#Cc1cccnc1-c1ccccc1-n1c2ccccc2c2c3oc4ccccc4c3ccc21. The highest BCUT2D eigenvalue weighted by Crippen LogP contribution is 2.41. The lowest BCUT2D eigenvalue weighted by Gasteiger charge is -2.14. The standard InChI is InChI=1S/C30H17N3O/c31-18-19-8-7-17-32-29(19)23-11-2-5-13-25(23)33-24-12-4-1-10-22(24)28-26(33)16-15-21-20-9-3-6-14-27(20)34-30(21)28/h1-17H. The minimum absolute atomic E-state index is 0.551. The van der Waals surface area contributed by atoms with Gasteiger partial charge in [0, 0.05) is 27.9 Å². The molecule has 0 atom stereocenters. The second-order valence-electron chi connectivity index (χ2n) is 8.32. The van der Waals surface area contributed by atoms with Crippen LogP contribution in [0.5, 0.6) is 0 Å². The fraction of sp³-hybridized carbons (Fsp3) is 0. The lowest BCUT2D eigenvalue weighted by molar-refractivity contribution is 0.673. The van der Waals surface area contributed by atoms with E-state index in [0.29, 0.717) is 11.3 Å². The molecule has 4 nitrogen and oxygen atoms in total. The molecule has 0 aliphatic rings. The Kier molecular flexibility index (Phi) is 3.88. The van der Waals surface area contributed by atoms with E-state index in [-0.39, 0.29) is 0 Å². The summed E-state index contributed by atoms with van der Waals surface area (Å²) in [6.07, 6.45) is 1.73. The van der Waals surface area contributed by atoms with Gasteiger partial charge in [0.25, 0.3) is 0 Å². The fourth-order valence-electron chi connectivity index (χ4n) is 5.07. The van der Waals surface area contributed by atoms with E-state index >= 15 is 0 Å². The van der Waals surface area contributed by atoms with Gasteiger partial charge in [-0.1, -0.05) is 54.6 Å². The number of furan rings is 1. The van der Waals surface area contributed by atoms with E-state index in [0.717, 1.165) is 55.0 Å². The van der Waals surface area contributed by atoms with Gasteiger partial charge in [-0.3, -0.25) is 4.98 Å². The van der Waals surface area contributed by atoms with Crippen LogP contribution >= 0.6 is 0 Å². The Morgan fingerprint density at radius 3 is 2.41 bits per heavy atom. The van der Waals surface area contributed by atoms with Gasteiger partial charge in [0.15, 0.2) is 0 Å². The molecule has 0 fully saturated rings. The predicted molar refractivity (Wildman–Crippen MR) is 136 cm³/mol. The third-order valence-corrected chi connectivity index (χ3v) is 6.51. The predicted octanol–water partition coefficient (Wildman–Crippen LogP) is 7.62. The first-order valence-electron chi connectivity index (χ1n) is 11.1. The molecule has 0 aliphatic heterocycles. The number of hydrogen-bond acceptors (Lipinski definition) is 3. The zero-order valence-electron chi connectivity index (χ0n) is 18.1. The third-order valence-electron chi connectivity index (χ3n) is 6.51. The fourth-order valence-corrected chi connectivity index (χ4v) is 5.07. The van der Waals surface area contributed by atoms with Gasteiger partial charge < -0.3 is 8.98 Å². The second kappa shape index (κ2) is 7.06. The Bertz CT molecular complexity index is 1930. The second-order valence-corrected chi connectivity index (χ2v) is 8.32. The summed E-state index contributed by atoms with van der Waals surface area (Å²) in [6.45, 7) is 0. The first-order chi connectivity index (χ1) is 16.8. The van der Waals surface area contributed by atoms with Crippen LogP contribution in [0.25, 0.3) is 60.7 Å². The Morgan fingerprint density at radius 1 is 0.706 bits per heavy atom. The summed E-state index contributed by atoms with van der Waals surface area (Å²) in [6, 6.07) is 34.9. The van der Waals surface area contributed by atoms with Crippen molar-refractivity contribution >= 4 is 43.7 Å². The maximum absolute atomic E-state index is 9.72. The number of aromatic nitrogens is 2. The van der Waals surface area contributed by atoms with E-state index in [1.54, 1.807) is 12.3 Å². The van der Waals surface area contributed by atoms with E-state index in [1.165, 1.54) is 0 Å². The highest BCUT2D eigenvalue weighted by molar-refractivity contribution is 6.23. The number of para-hydroxylation sites is 3. The topological polar surface area (TPSA) is 54.8 Å². The summed E-state index contributed by atoms with van der Waals surface area (Å²) < 4.78 is 8.66. The molecule has 0 aliphatic carbocycles. The van der Waals surface area contributed by atoms with Crippen LogP contribution in [0.3, 0.4) is 0 Å². The van der Waals surface area contributed by atoms with Crippen molar-refractivity contribution in [3.63, 3.8) is 0 Å². The molecule has 0 spiro atoms. The number of rotatable bonds is 2. The number of nitrogens with zero attached hydrogens (tertiary/aromatic N) is 3. The van der Waals surface area contributed by atoms with Crippen molar-refractivity contribution in [1.82, 2.24) is 9.55 Å². The first-order valence-corrected chi connectivity index (χ1v) is 11.1. The number of fused-ring (bicyclic) bond motifs is 7. The van der Waals surface area contributed by atoms with Crippen LogP contribution in [-0.4, -0.2) is 9.55 Å². The average molecular weight is 435 g/mol. The van der Waals surface area contributed by atoms with Gasteiger partial charge >= 0.3 is 0 Å².